The van der Waals surface area contributed by atoms with Gasteiger partial charge < -0.3 is 14.4 Å². The number of rotatable bonds is 5. The molecule has 0 aromatic heterocycles. The molecule has 0 unspecified atom stereocenters. The van der Waals surface area contributed by atoms with Crippen molar-refractivity contribution >= 4 is 23.5 Å². The van der Waals surface area contributed by atoms with Crippen molar-refractivity contribution in [3.8, 4) is 0 Å². The van der Waals surface area contributed by atoms with Gasteiger partial charge in [-0.05, 0) is 35.9 Å². The molecule has 5 heteroatoms. The van der Waals surface area contributed by atoms with Gasteiger partial charge in [-0.2, -0.15) is 0 Å². The van der Waals surface area contributed by atoms with Crippen molar-refractivity contribution in [1.29, 1.82) is 0 Å². The summed E-state index contributed by atoms with van der Waals surface area (Å²) in [6.45, 7) is 3.08. The number of hydrogen-bond acceptors (Lipinski definition) is 5. The Hall–Kier alpha value is -2.92. The van der Waals surface area contributed by atoms with Gasteiger partial charge in [0.1, 0.15) is 0 Å². The van der Waals surface area contributed by atoms with Crippen LogP contribution in [0.1, 0.15) is 26.3 Å². The van der Waals surface area contributed by atoms with Crippen LogP contribution in [0.25, 0.3) is 6.08 Å². The average molecular weight is 351 g/mol. The minimum absolute atomic E-state index is 0.0582. The second-order valence-electron chi connectivity index (χ2n) is 5.96. The first-order valence-corrected chi connectivity index (χ1v) is 8.51. The Balaban J connectivity index is 1.69. The molecule has 2 aromatic rings. The summed E-state index contributed by atoms with van der Waals surface area (Å²) in [6.07, 6.45) is 3.29. The van der Waals surface area contributed by atoms with Crippen molar-refractivity contribution in [3.05, 3.63) is 71.3 Å². The fourth-order valence-electron chi connectivity index (χ4n) is 2.79. The maximum absolute atomic E-state index is 12.5. The minimum atomic E-state index is -0.378. The van der Waals surface area contributed by atoms with Gasteiger partial charge in [-0.25, -0.2) is 4.79 Å². The number of carbonyl (C=O) groups excluding carboxylic acids is 2. The van der Waals surface area contributed by atoms with Gasteiger partial charge >= 0.3 is 5.97 Å². The Morgan fingerprint density at radius 1 is 1.04 bits per heavy atom. The van der Waals surface area contributed by atoms with E-state index in [0.29, 0.717) is 24.3 Å². The fourth-order valence-corrected chi connectivity index (χ4v) is 2.79. The van der Waals surface area contributed by atoms with Gasteiger partial charge in [0.2, 0.25) is 0 Å². The molecule has 1 aliphatic rings. The molecule has 0 amide bonds. The molecule has 3 rings (SSSR count). The summed E-state index contributed by atoms with van der Waals surface area (Å²) in [7, 11) is 1.35. The van der Waals surface area contributed by atoms with Gasteiger partial charge in [-0.3, -0.25) is 4.79 Å². The lowest BCUT2D eigenvalue weighted by Gasteiger charge is -2.29. The largest absolute Gasteiger partial charge is 0.465 e. The lowest BCUT2D eigenvalue weighted by molar-refractivity contribution is 0.0600. The van der Waals surface area contributed by atoms with E-state index in [-0.39, 0.29) is 11.8 Å². The molecular formula is C21H21NO4. The zero-order chi connectivity index (χ0) is 18.4. The van der Waals surface area contributed by atoms with E-state index in [0.717, 1.165) is 24.3 Å². The van der Waals surface area contributed by atoms with E-state index in [1.807, 2.05) is 24.3 Å². The summed E-state index contributed by atoms with van der Waals surface area (Å²) < 4.78 is 10.0. The van der Waals surface area contributed by atoms with Crippen LogP contribution in [0.2, 0.25) is 0 Å². The van der Waals surface area contributed by atoms with Crippen LogP contribution in [0, 0.1) is 0 Å². The average Bonchev–Trinajstić information content (AvgIpc) is 2.72. The van der Waals surface area contributed by atoms with Gasteiger partial charge in [0.15, 0.2) is 5.78 Å². The molecule has 0 N–H and O–H groups in total. The number of ketones is 1. The highest BCUT2D eigenvalue weighted by molar-refractivity contribution is 6.07. The molecule has 0 radical (unpaired) electrons. The molecule has 0 bridgehead atoms. The Labute approximate surface area is 152 Å². The summed E-state index contributed by atoms with van der Waals surface area (Å²) >= 11 is 0. The topological polar surface area (TPSA) is 55.8 Å². The summed E-state index contributed by atoms with van der Waals surface area (Å²) in [6, 6.07) is 14.5. The second-order valence-corrected chi connectivity index (χ2v) is 5.96. The van der Waals surface area contributed by atoms with Crippen LogP contribution in [0.3, 0.4) is 0 Å². The minimum Gasteiger partial charge on any atom is -0.465 e. The first-order chi connectivity index (χ1) is 12.7. The molecule has 1 fully saturated rings. The molecule has 134 valence electrons. The zero-order valence-corrected chi connectivity index (χ0v) is 14.7. The number of hydrogen-bond donors (Lipinski definition) is 0. The van der Waals surface area contributed by atoms with E-state index in [9.17, 15) is 9.59 Å². The number of allylic oxidation sites excluding steroid dienone is 1. The molecule has 1 saturated heterocycles. The lowest BCUT2D eigenvalue weighted by atomic mass is 10.1. The molecule has 0 saturated carbocycles. The number of ether oxygens (including phenoxy) is 2. The maximum atomic E-state index is 12.5. The van der Waals surface area contributed by atoms with Crippen LogP contribution in [-0.2, 0) is 9.47 Å². The van der Waals surface area contributed by atoms with Crippen LogP contribution < -0.4 is 4.90 Å². The maximum Gasteiger partial charge on any atom is 0.337 e. The van der Waals surface area contributed by atoms with E-state index < -0.39 is 0 Å². The summed E-state index contributed by atoms with van der Waals surface area (Å²) in [4.78, 5) is 26.1. The molecule has 5 nitrogen and oxygen atoms in total. The first kappa shape index (κ1) is 17.9. The number of esters is 1. The van der Waals surface area contributed by atoms with Crippen molar-refractivity contribution in [2.45, 2.75) is 0 Å². The zero-order valence-electron chi connectivity index (χ0n) is 14.7. The van der Waals surface area contributed by atoms with Crippen LogP contribution in [-0.4, -0.2) is 45.2 Å². The second kappa shape index (κ2) is 8.45. The number of nitrogens with zero attached hydrogens (tertiary/aromatic N) is 1. The third-order valence-electron chi connectivity index (χ3n) is 4.27. The Kier molecular flexibility index (Phi) is 5.81. The molecule has 0 atom stereocenters. The summed E-state index contributed by atoms with van der Waals surface area (Å²) in [5, 5.41) is 0. The number of methoxy groups -OCH3 is 1. The van der Waals surface area contributed by atoms with Crippen molar-refractivity contribution in [3.63, 3.8) is 0 Å². The number of benzene rings is 2. The summed E-state index contributed by atoms with van der Waals surface area (Å²) in [5.41, 5.74) is 3.01. The van der Waals surface area contributed by atoms with Crippen molar-refractivity contribution in [2.24, 2.45) is 0 Å². The third kappa shape index (κ3) is 4.37. The Morgan fingerprint density at radius 3 is 2.46 bits per heavy atom. The van der Waals surface area contributed by atoms with E-state index in [2.05, 4.69) is 9.64 Å². The summed E-state index contributed by atoms with van der Waals surface area (Å²) in [5.74, 6) is -0.436. The van der Waals surface area contributed by atoms with Crippen LogP contribution in [0.4, 0.5) is 5.69 Å². The molecular weight excluding hydrogens is 330 g/mol. The smallest absolute Gasteiger partial charge is 0.337 e. The van der Waals surface area contributed by atoms with Gasteiger partial charge in [-0.1, -0.05) is 30.3 Å². The standard InChI is InChI=1S/C21H21NO4/c1-25-21(24)17-8-5-16(6-9-17)7-10-20(23)18-3-2-4-19(15-18)22-11-13-26-14-12-22/h2-10,15H,11-14H2,1H3/b10-7+. The molecule has 2 aromatic carbocycles. The lowest BCUT2D eigenvalue weighted by Crippen LogP contribution is -2.36. The number of carbonyl (C=O) groups is 2. The quantitative estimate of drug-likeness (QED) is 0.470. The van der Waals surface area contributed by atoms with E-state index in [1.54, 1.807) is 36.4 Å². The SMILES string of the molecule is COC(=O)c1ccc(/C=C/C(=O)c2cccc(N3CCOCC3)c2)cc1. The molecule has 26 heavy (non-hydrogen) atoms. The van der Waals surface area contributed by atoms with Crippen molar-refractivity contribution < 1.29 is 19.1 Å². The monoisotopic (exact) mass is 351 g/mol. The van der Waals surface area contributed by atoms with Gasteiger partial charge in [0.05, 0.1) is 25.9 Å². The van der Waals surface area contributed by atoms with Crippen molar-refractivity contribution in [2.75, 3.05) is 38.3 Å². The highest BCUT2D eigenvalue weighted by Crippen LogP contribution is 2.18. The Morgan fingerprint density at radius 2 is 1.77 bits per heavy atom. The normalized spacial score (nSPS) is 14.4. The van der Waals surface area contributed by atoms with E-state index >= 15 is 0 Å². The van der Waals surface area contributed by atoms with Gasteiger partial charge in [0.25, 0.3) is 0 Å². The van der Waals surface area contributed by atoms with Crippen molar-refractivity contribution in [1.82, 2.24) is 0 Å². The number of anilines is 1. The van der Waals surface area contributed by atoms with Gasteiger partial charge in [-0.15, -0.1) is 0 Å². The van der Waals surface area contributed by atoms with Crippen LogP contribution in [0.5, 0.6) is 0 Å². The predicted molar refractivity (Wildman–Crippen MR) is 101 cm³/mol. The van der Waals surface area contributed by atoms with Gasteiger partial charge in [0, 0.05) is 24.3 Å². The fraction of sp³-hybridized carbons (Fsp3) is 0.238. The highest BCUT2D eigenvalue weighted by Gasteiger charge is 2.12. The first-order valence-electron chi connectivity index (χ1n) is 8.51. The van der Waals surface area contributed by atoms with Crippen LogP contribution in [0.15, 0.2) is 54.6 Å². The molecule has 0 aliphatic carbocycles. The molecule has 0 spiro atoms. The predicted octanol–water partition coefficient (Wildman–Crippen LogP) is 3.21. The van der Waals surface area contributed by atoms with Crippen LogP contribution >= 0.6 is 0 Å². The Bertz CT molecular complexity index is 805. The van der Waals surface area contributed by atoms with E-state index in [1.165, 1.54) is 7.11 Å². The molecule has 1 aliphatic heterocycles. The van der Waals surface area contributed by atoms with E-state index in [4.69, 9.17) is 4.74 Å². The number of morpholine rings is 1. The third-order valence-corrected chi connectivity index (χ3v) is 4.27. The molecule has 1 heterocycles. The highest BCUT2D eigenvalue weighted by atomic mass is 16.5.